The molecule has 3 heterocycles. The summed E-state index contributed by atoms with van der Waals surface area (Å²) in [6.07, 6.45) is -1.11. The van der Waals surface area contributed by atoms with Crippen LogP contribution in [0, 0.1) is 5.82 Å². The van der Waals surface area contributed by atoms with Gasteiger partial charge >= 0.3 is 5.69 Å². The van der Waals surface area contributed by atoms with E-state index >= 15 is 0 Å². The molecular weight excluding hydrogens is 403 g/mol. The Morgan fingerprint density at radius 3 is 2.31 bits per heavy atom. The zero-order valence-corrected chi connectivity index (χ0v) is 16.2. The minimum absolute atomic E-state index is 0.0235. The number of hydrogen-bond acceptors (Lipinski definition) is 6. The fourth-order valence-corrected chi connectivity index (χ4v) is 4.06. The molecule has 1 aliphatic heterocycles. The van der Waals surface area contributed by atoms with Crippen LogP contribution in [0.5, 0.6) is 0 Å². The minimum Gasteiger partial charge on any atom is -0.368 e. The molecule has 0 amide bonds. The molecule has 0 N–H and O–H groups in total. The number of rotatable bonds is 5. The number of halogens is 3. The lowest BCUT2D eigenvalue weighted by Gasteiger charge is -2.36. The quantitative estimate of drug-likeness (QED) is 0.634. The molecule has 0 unspecified atom stereocenters. The molecule has 0 spiro atoms. The van der Waals surface area contributed by atoms with Crippen LogP contribution in [0.3, 0.4) is 0 Å². The maximum absolute atomic E-state index is 13.1. The maximum Gasteiger partial charge on any atom is 0.352 e. The van der Waals surface area contributed by atoms with Crippen LogP contribution in [-0.2, 0) is 6.54 Å². The van der Waals surface area contributed by atoms with Gasteiger partial charge in [0.25, 0.3) is 6.43 Å². The van der Waals surface area contributed by atoms with Gasteiger partial charge in [-0.05, 0) is 36.4 Å². The molecule has 0 aliphatic carbocycles. The number of piperazine rings is 1. The Morgan fingerprint density at radius 2 is 1.69 bits per heavy atom. The van der Waals surface area contributed by atoms with E-state index in [0.29, 0.717) is 37.0 Å². The molecule has 0 bridgehead atoms. The van der Waals surface area contributed by atoms with Crippen molar-refractivity contribution in [1.29, 1.82) is 0 Å². The first kappa shape index (κ1) is 19.4. The average Bonchev–Trinajstić information content (AvgIpc) is 3.19. The number of hydrogen-bond donors (Lipinski definition) is 0. The van der Waals surface area contributed by atoms with Crippen molar-refractivity contribution in [3.8, 4) is 0 Å². The van der Waals surface area contributed by atoms with Gasteiger partial charge in [0.1, 0.15) is 12.1 Å². The van der Waals surface area contributed by atoms with Crippen molar-refractivity contribution < 1.29 is 13.2 Å². The topological polar surface area (TPSA) is 54.3 Å². The summed E-state index contributed by atoms with van der Waals surface area (Å²) in [6, 6.07) is 9.30. The Kier molecular flexibility index (Phi) is 5.52. The molecule has 3 aromatic rings. The Bertz CT molecular complexity index is 1030. The van der Waals surface area contributed by atoms with E-state index in [9.17, 15) is 18.0 Å². The summed E-state index contributed by atoms with van der Waals surface area (Å²) in [6.45, 7) is 2.81. The third kappa shape index (κ3) is 4.42. The van der Waals surface area contributed by atoms with E-state index in [1.165, 1.54) is 29.1 Å². The summed E-state index contributed by atoms with van der Waals surface area (Å²) in [4.78, 5) is 25.4. The second-order valence-corrected chi connectivity index (χ2v) is 7.82. The van der Waals surface area contributed by atoms with Crippen LogP contribution < -0.4 is 15.5 Å². The monoisotopic (exact) mass is 421 g/mol. The Labute approximate surface area is 168 Å². The van der Waals surface area contributed by atoms with Crippen molar-refractivity contribution in [3.63, 3.8) is 0 Å². The van der Waals surface area contributed by atoms with Gasteiger partial charge in [0, 0.05) is 36.7 Å². The summed E-state index contributed by atoms with van der Waals surface area (Å²) in [7, 11) is 0. The van der Waals surface area contributed by atoms with Gasteiger partial charge < -0.3 is 9.80 Å². The highest BCUT2D eigenvalue weighted by atomic mass is 32.1. The van der Waals surface area contributed by atoms with Crippen molar-refractivity contribution in [2.24, 2.45) is 0 Å². The van der Waals surface area contributed by atoms with Crippen LogP contribution in [0.15, 0.2) is 47.5 Å². The molecule has 152 valence electrons. The second-order valence-electron chi connectivity index (χ2n) is 6.62. The summed E-state index contributed by atoms with van der Waals surface area (Å²) >= 11 is 0.971. The summed E-state index contributed by atoms with van der Waals surface area (Å²) in [5.74, 6) is 0.0822. The van der Waals surface area contributed by atoms with E-state index in [1.807, 2.05) is 4.90 Å². The first-order chi connectivity index (χ1) is 14.0. The normalized spacial score (nSPS) is 14.6. The molecule has 10 heteroatoms. The highest BCUT2D eigenvalue weighted by molar-refractivity contribution is 7.12. The van der Waals surface area contributed by atoms with Crippen LogP contribution in [0.2, 0.25) is 0 Å². The fourth-order valence-electron chi connectivity index (χ4n) is 3.19. The van der Waals surface area contributed by atoms with E-state index in [0.717, 1.165) is 17.0 Å². The van der Waals surface area contributed by atoms with Gasteiger partial charge in [0.05, 0.1) is 11.4 Å². The Morgan fingerprint density at radius 1 is 1.00 bits per heavy atom. The standard InChI is InChI=1S/C19H18F3N5OS/c20-13-1-3-14(4-2-13)25-7-9-26(10-8-25)18-23-12-27(19(28)24-18)11-15-5-6-16(29-15)17(21)22/h1-6,12,17H,7-11H2. The van der Waals surface area contributed by atoms with Gasteiger partial charge in [-0.3, -0.25) is 4.57 Å². The minimum atomic E-state index is -2.52. The van der Waals surface area contributed by atoms with Crippen molar-refractivity contribution in [3.05, 3.63) is 68.8 Å². The molecule has 1 aromatic carbocycles. The highest BCUT2D eigenvalue weighted by Gasteiger charge is 2.20. The number of thiophene rings is 1. The first-order valence-corrected chi connectivity index (χ1v) is 9.87. The zero-order valence-electron chi connectivity index (χ0n) is 15.3. The molecule has 4 rings (SSSR count). The van der Waals surface area contributed by atoms with Gasteiger partial charge in [-0.1, -0.05) is 0 Å². The zero-order chi connectivity index (χ0) is 20.4. The summed E-state index contributed by atoms with van der Waals surface area (Å²) in [5.41, 5.74) is 0.476. The summed E-state index contributed by atoms with van der Waals surface area (Å²) in [5, 5.41) is 0. The fraction of sp³-hybridized carbons (Fsp3) is 0.316. The number of benzene rings is 1. The molecule has 1 aliphatic rings. The van der Waals surface area contributed by atoms with Gasteiger partial charge in [-0.2, -0.15) is 4.98 Å². The molecule has 0 saturated carbocycles. The lowest BCUT2D eigenvalue weighted by molar-refractivity contribution is 0.155. The van der Waals surface area contributed by atoms with Gasteiger partial charge in [-0.25, -0.2) is 22.9 Å². The van der Waals surface area contributed by atoms with Crippen molar-refractivity contribution in [2.75, 3.05) is 36.0 Å². The van der Waals surface area contributed by atoms with E-state index < -0.39 is 12.1 Å². The lowest BCUT2D eigenvalue weighted by atomic mass is 10.2. The van der Waals surface area contributed by atoms with Crippen LogP contribution in [0.1, 0.15) is 16.2 Å². The van der Waals surface area contributed by atoms with Crippen LogP contribution in [-0.4, -0.2) is 40.7 Å². The smallest absolute Gasteiger partial charge is 0.352 e. The van der Waals surface area contributed by atoms with Gasteiger partial charge in [-0.15, -0.1) is 11.3 Å². The van der Waals surface area contributed by atoms with Crippen LogP contribution in [0.4, 0.5) is 24.8 Å². The molecule has 0 atom stereocenters. The van der Waals surface area contributed by atoms with Crippen molar-refractivity contribution in [1.82, 2.24) is 14.5 Å². The van der Waals surface area contributed by atoms with Gasteiger partial charge in [0.2, 0.25) is 5.95 Å². The van der Waals surface area contributed by atoms with Gasteiger partial charge in [0.15, 0.2) is 0 Å². The average molecular weight is 421 g/mol. The maximum atomic E-state index is 13.1. The number of alkyl halides is 2. The second kappa shape index (κ2) is 8.24. The number of aromatic nitrogens is 3. The molecule has 0 radical (unpaired) electrons. The van der Waals surface area contributed by atoms with E-state index in [-0.39, 0.29) is 17.2 Å². The first-order valence-electron chi connectivity index (χ1n) is 9.05. The van der Waals surface area contributed by atoms with Crippen LogP contribution >= 0.6 is 11.3 Å². The molecule has 2 aromatic heterocycles. The Hall–Kier alpha value is -2.88. The third-order valence-electron chi connectivity index (χ3n) is 4.73. The van der Waals surface area contributed by atoms with E-state index in [4.69, 9.17) is 0 Å². The molecule has 1 fully saturated rings. The highest BCUT2D eigenvalue weighted by Crippen LogP contribution is 2.27. The van der Waals surface area contributed by atoms with Crippen molar-refractivity contribution in [2.45, 2.75) is 13.0 Å². The van der Waals surface area contributed by atoms with Crippen molar-refractivity contribution >= 4 is 23.0 Å². The molecule has 1 saturated heterocycles. The number of anilines is 2. The lowest BCUT2D eigenvalue weighted by Crippen LogP contribution is -2.47. The molecular formula is C19H18F3N5OS. The third-order valence-corrected chi connectivity index (χ3v) is 5.81. The molecule has 6 nitrogen and oxygen atoms in total. The SMILES string of the molecule is O=c1nc(N2CCN(c3ccc(F)cc3)CC2)ncn1Cc1ccc(C(F)F)s1. The predicted octanol–water partition coefficient (Wildman–Crippen LogP) is 3.15. The summed E-state index contributed by atoms with van der Waals surface area (Å²) < 4.78 is 39.8. The largest absolute Gasteiger partial charge is 0.368 e. The Balaban J connectivity index is 1.40. The molecule has 29 heavy (non-hydrogen) atoms. The van der Waals surface area contributed by atoms with Crippen LogP contribution in [0.25, 0.3) is 0 Å². The van der Waals surface area contributed by atoms with E-state index in [1.54, 1.807) is 18.2 Å². The number of nitrogens with zero attached hydrogens (tertiary/aromatic N) is 5. The van der Waals surface area contributed by atoms with E-state index in [2.05, 4.69) is 14.9 Å². The predicted molar refractivity (Wildman–Crippen MR) is 105 cm³/mol.